The lowest BCUT2D eigenvalue weighted by atomic mass is 10.0. The molecule has 0 bridgehead atoms. The minimum absolute atomic E-state index is 0.235. The third kappa shape index (κ3) is 1.59. The van der Waals surface area contributed by atoms with Gasteiger partial charge in [0, 0.05) is 5.25 Å². The van der Waals surface area contributed by atoms with Crippen LogP contribution in [0.4, 0.5) is 0 Å². The van der Waals surface area contributed by atoms with Crippen LogP contribution in [-0.4, -0.2) is 11.8 Å². The van der Waals surface area contributed by atoms with E-state index in [0.717, 1.165) is 5.25 Å². The molecule has 3 rings (SSSR count). The number of aryl methyl sites for hydroxylation is 2. The largest absolute Gasteiger partial charge is 0.299 e. The highest BCUT2D eigenvalue weighted by atomic mass is 32.2. The minimum atomic E-state index is 0.235. The summed E-state index contributed by atoms with van der Waals surface area (Å²) in [5.41, 5.74) is 4.50. The van der Waals surface area contributed by atoms with Crippen LogP contribution < -0.4 is 5.32 Å². The molecule has 0 aromatic heterocycles. The molecule has 16 heavy (non-hydrogen) atoms. The van der Waals surface area contributed by atoms with Crippen LogP contribution in [0.15, 0.2) is 18.2 Å². The van der Waals surface area contributed by atoms with E-state index in [0.29, 0.717) is 0 Å². The van der Waals surface area contributed by atoms with Gasteiger partial charge in [-0.1, -0.05) is 30.7 Å². The zero-order chi connectivity index (χ0) is 11.2. The van der Waals surface area contributed by atoms with E-state index in [1.54, 1.807) is 11.1 Å². The second kappa shape index (κ2) is 3.78. The predicted octanol–water partition coefficient (Wildman–Crippen LogP) is 3.21. The first-order chi connectivity index (χ1) is 7.70. The average Bonchev–Trinajstić information content (AvgIpc) is 2.58. The van der Waals surface area contributed by atoms with Crippen molar-refractivity contribution in [3.05, 3.63) is 34.9 Å². The van der Waals surface area contributed by atoms with Crippen molar-refractivity contribution in [1.82, 2.24) is 5.32 Å². The van der Waals surface area contributed by atoms with Crippen molar-refractivity contribution in [2.45, 2.75) is 43.2 Å². The Kier molecular flexibility index (Phi) is 2.52. The van der Waals surface area contributed by atoms with Crippen molar-refractivity contribution in [2.75, 3.05) is 6.54 Å². The Hall–Kier alpha value is -0.470. The highest BCUT2D eigenvalue weighted by molar-refractivity contribution is 8.00. The molecule has 0 amide bonds. The summed E-state index contributed by atoms with van der Waals surface area (Å²) in [5, 5.41) is 4.56. The first kappa shape index (κ1) is 10.7. The molecule has 1 heterocycles. The van der Waals surface area contributed by atoms with Gasteiger partial charge in [0.15, 0.2) is 0 Å². The van der Waals surface area contributed by atoms with Gasteiger partial charge in [0.05, 0.1) is 4.87 Å². The van der Waals surface area contributed by atoms with Crippen LogP contribution in [0.5, 0.6) is 0 Å². The molecule has 1 saturated heterocycles. The summed E-state index contributed by atoms with van der Waals surface area (Å²) in [4.78, 5) is 0.235. The number of fused-ring (bicyclic) bond motifs is 2. The third-order valence-corrected chi connectivity index (χ3v) is 5.42. The summed E-state index contributed by atoms with van der Waals surface area (Å²) in [5.74, 6) is 0. The molecule has 0 radical (unpaired) electrons. The summed E-state index contributed by atoms with van der Waals surface area (Å²) in [6, 6.07) is 6.95. The summed E-state index contributed by atoms with van der Waals surface area (Å²) in [6.45, 7) is 5.73. The summed E-state index contributed by atoms with van der Waals surface area (Å²) >= 11 is 2.14. The molecule has 1 aromatic rings. The Labute approximate surface area is 102 Å². The highest BCUT2D eigenvalue weighted by Crippen LogP contribution is 2.49. The zero-order valence-electron chi connectivity index (χ0n) is 10.0. The molecule has 1 aromatic carbocycles. The minimum Gasteiger partial charge on any atom is -0.299 e. The van der Waals surface area contributed by atoms with E-state index in [4.69, 9.17) is 0 Å². The maximum atomic E-state index is 3.77. The van der Waals surface area contributed by atoms with E-state index < -0.39 is 0 Å². The van der Waals surface area contributed by atoms with E-state index in [2.05, 4.69) is 49.1 Å². The Bertz CT molecular complexity index is 411. The summed E-state index contributed by atoms with van der Waals surface area (Å²) in [7, 11) is 0. The van der Waals surface area contributed by atoms with Crippen molar-refractivity contribution >= 4 is 11.8 Å². The number of rotatable bonds is 0. The Morgan fingerprint density at radius 3 is 3.12 bits per heavy atom. The maximum Gasteiger partial charge on any atom is 0.0910 e. The fourth-order valence-electron chi connectivity index (χ4n) is 2.96. The van der Waals surface area contributed by atoms with Crippen molar-refractivity contribution in [3.8, 4) is 0 Å². The maximum absolute atomic E-state index is 3.77. The lowest BCUT2D eigenvalue weighted by Gasteiger charge is -2.38. The van der Waals surface area contributed by atoms with Gasteiger partial charge in [-0.15, -0.1) is 11.8 Å². The Morgan fingerprint density at radius 2 is 2.31 bits per heavy atom. The van der Waals surface area contributed by atoms with Crippen LogP contribution in [0.25, 0.3) is 0 Å². The van der Waals surface area contributed by atoms with E-state index in [-0.39, 0.29) is 4.87 Å². The number of benzene rings is 1. The second-order valence-electron chi connectivity index (χ2n) is 5.13. The molecule has 1 N–H and O–H groups in total. The number of hydrogen-bond donors (Lipinski definition) is 1. The van der Waals surface area contributed by atoms with Crippen LogP contribution in [0.1, 0.15) is 36.5 Å². The zero-order valence-corrected chi connectivity index (χ0v) is 10.9. The van der Waals surface area contributed by atoms with Gasteiger partial charge in [0.25, 0.3) is 0 Å². The predicted molar refractivity (Wildman–Crippen MR) is 70.9 cm³/mol. The van der Waals surface area contributed by atoms with Crippen molar-refractivity contribution in [1.29, 1.82) is 0 Å². The van der Waals surface area contributed by atoms with E-state index in [9.17, 15) is 0 Å². The lowest BCUT2D eigenvalue weighted by molar-refractivity contribution is 0.450. The standard InChI is InChI=1S/C14H19NS/c1-10-3-4-12-5-7-14(13(12)9-10)15-8-6-11(2)16-14/h3-4,9,11,15H,5-8H2,1-2H3. The van der Waals surface area contributed by atoms with Gasteiger partial charge in [-0.3, -0.25) is 5.32 Å². The smallest absolute Gasteiger partial charge is 0.0910 e. The van der Waals surface area contributed by atoms with Gasteiger partial charge in [-0.25, -0.2) is 0 Å². The first-order valence-corrected chi connectivity index (χ1v) is 7.10. The molecular formula is C14H19NS. The fourth-order valence-corrected chi connectivity index (χ4v) is 4.60. The average molecular weight is 233 g/mol. The van der Waals surface area contributed by atoms with Gasteiger partial charge in [-0.05, 0) is 43.9 Å². The van der Waals surface area contributed by atoms with Crippen molar-refractivity contribution < 1.29 is 0 Å². The number of hydrogen-bond acceptors (Lipinski definition) is 2. The second-order valence-corrected chi connectivity index (χ2v) is 6.87. The number of nitrogens with one attached hydrogen (secondary N) is 1. The molecule has 2 unspecified atom stereocenters. The molecule has 1 fully saturated rings. The van der Waals surface area contributed by atoms with Gasteiger partial charge in [-0.2, -0.15) is 0 Å². The molecule has 2 heteroatoms. The van der Waals surface area contributed by atoms with Crippen LogP contribution in [-0.2, 0) is 11.3 Å². The van der Waals surface area contributed by atoms with Gasteiger partial charge >= 0.3 is 0 Å². The van der Waals surface area contributed by atoms with E-state index in [1.807, 2.05) is 0 Å². The van der Waals surface area contributed by atoms with Gasteiger partial charge in [0.1, 0.15) is 0 Å². The SMILES string of the molecule is Cc1ccc2c(c1)C1(CC2)NCCC(C)S1. The van der Waals surface area contributed by atoms with Crippen molar-refractivity contribution in [3.63, 3.8) is 0 Å². The van der Waals surface area contributed by atoms with E-state index in [1.165, 1.54) is 31.4 Å². The van der Waals surface area contributed by atoms with Gasteiger partial charge in [0.2, 0.25) is 0 Å². The molecule has 1 nitrogen and oxygen atoms in total. The molecule has 1 spiro atoms. The first-order valence-electron chi connectivity index (χ1n) is 6.22. The van der Waals surface area contributed by atoms with Crippen LogP contribution >= 0.6 is 11.8 Å². The van der Waals surface area contributed by atoms with Crippen LogP contribution in [0.2, 0.25) is 0 Å². The number of thioether (sulfide) groups is 1. The quantitative estimate of drug-likeness (QED) is 0.738. The molecule has 86 valence electrons. The third-order valence-electron chi connectivity index (χ3n) is 3.81. The monoisotopic (exact) mass is 233 g/mol. The molecule has 2 aliphatic rings. The van der Waals surface area contributed by atoms with Crippen molar-refractivity contribution in [2.24, 2.45) is 0 Å². The topological polar surface area (TPSA) is 12.0 Å². The Morgan fingerprint density at radius 1 is 1.44 bits per heavy atom. The summed E-state index contributed by atoms with van der Waals surface area (Å²) in [6.07, 6.45) is 3.80. The van der Waals surface area contributed by atoms with Gasteiger partial charge < -0.3 is 0 Å². The molecule has 2 atom stereocenters. The van der Waals surface area contributed by atoms with E-state index >= 15 is 0 Å². The van der Waals surface area contributed by atoms with Crippen LogP contribution in [0, 0.1) is 6.92 Å². The molecular weight excluding hydrogens is 214 g/mol. The fraction of sp³-hybridized carbons (Fsp3) is 0.571. The normalized spacial score (nSPS) is 33.0. The Balaban J connectivity index is 2.03. The molecule has 1 aliphatic carbocycles. The highest BCUT2D eigenvalue weighted by Gasteiger charge is 2.41. The van der Waals surface area contributed by atoms with Crippen LogP contribution in [0.3, 0.4) is 0 Å². The molecule has 1 aliphatic heterocycles. The molecule has 0 saturated carbocycles. The lowest BCUT2D eigenvalue weighted by Crippen LogP contribution is -2.43. The summed E-state index contributed by atoms with van der Waals surface area (Å²) < 4.78 is 0.